The van der Waals surface area contributed by atoms with Gasteiger partial charge in [0, 0.05) is 22.7 Å². The highest BCUT2D eigenvalue weighted by molar-refractivity contribution is 6.37. The van der Waals surface area contributed by atoms with Crippen molar-refractivity contribution >= 4 is 40.0 Å². The second-order valence-corrected chi connectivity index (χ2v) is 10.3. The molecule has 1 aromatic carbocycles. The number of pyridine rings is 1. The summed E-state index contributed by atoms with van der Waals surface area (Å²) in [6.45, 7) is 1.83. The van der Waals surface area contributed by atoms with Crippen LogP contribution in [0.15, 0.2) is 54.3 Å². The van der Waals surface area contributed by atoms with Crippen LogP contribution in [-0.2, 0) is 11.8 Å². The standard InChI is InChI=1S/C30H20ClNO9/c1-3-4-5-6-11-9-13-16(29(40)32-11)26(37)21-12(22(13)31)7-8-30(21)27(38)19-20(28(30)39)25(36)18-17(24(19)35)14(33)10-15(41-2)23(18)34/h3-6,9-10,37-39H,7-8H2,1-2H3,(H,32,40)/b4-3+,6-5+. The van der Waals surface area contributed by atoms with Crippen molar-refractivity contribution in [3.05, 3.63) is 124 Å². The van der Waals surface area contributed by atoms with E-state index in [0.29, 0.717) is 5.69 Å². The number of nitrogens with one attached hydrogen (secondary N) is 1. The van der Waals surface area contributed by atoms with E-state index in [-0.39, 0.29) is 39.8 Å². The minimum Gasteiger partial charge on any atom is -0.510 e. The second kappa shape index (κ2) is 8.77. The van der Waals surface area contributed by atoms with Crippen LogP contribution in [0.3, 0.4) is 0 Å². The number of aromatic amines is 1. The molecule has 11 heteroatoms. The van der Waals surface area contributed by atoms with Crippen molar-refractivity contribution in [1.82, 2.24) is 4.98 Å². The molecule has 4 aliphatic rings. The van der Waals surface area contributed by atoms with Crippen molar-refractivity contribution < 1.29 is 20.1 Å². The first kappa shape index (κ1) is 26.3. The molecular weight excluding hydrogens is 554 g/mol. The van der Waals surface area contributed by atoms with Crippen molar-refractivity contribution in [3.63, 3.8) is 0 Å². The zero-order valence-corrected chi connectivity index (χ0v) is 22.3. The molecule has 0 aliphatic heterocycles. The molecule has 2 aromatic rings. The first-order chi connectivity index (χ1) is 19.5. The molecule has 1 atom stereocenters. The average Bonchev–Trinajstić information content (AvgIpc) is 3.45. The first-order valence-corrected chi connectivity index (χ1v) is 12.8. The van der Waals surface area contributed by atoms with Gasteiger partial charge < -0.3 is 25.0 Å². The number of phenols is 1. The molecule has 206 valence electrons. The number of fused-ring (bicyclic) bond motifs is 4. The Hall–Kier alpha value is -4.96. The smallest absolute Gasteiger partial charge is 0.260 e. The number of aromatic hydroxyl groups is 1. The molecule has 0 radical (unpaired) electrons. The van der Waals surface area contributed by atoms with Crippen LogP contribution in [0.4, 0.5) is 0 Å². The number of phenolic OH excluding ortho intramolecular Hbond substituents is 1. The monoisotopic (exact) mass is 573 g/mol. The summed E-state index contributed by atoms with van der Waals surface area (Å²) < 4.78 is 4.89. The number of allylic oxidation sites excluding steroid dienone is 3. The zero-order valence-electron chi connectivity index (χ0n) is 21.5. The van der Waals surface area contributed by atoms with Gasteiger partial charge in [-0.2, -0.15) is 0 Å². The first-order valence-electron chi connectivity index (χ1n) is 12.5. The maximum absolute atomic E-state index is 13.6. The van der Waals surface area contributed by atoms with E-state index in [1.807, 2.05) is 6.92 Å². The molecule has 1 unspecified atom stereocenters. The molecule has 1 heterocycles. The van der Waals surface area contributed by atoms with Gasteiger partial charge in [0.15, 0.2) is 11.2 Å². The molecule has 10 nitrogen and oxygen atoms in total. The average molecular weight is 574 g/mol. The molecule has 4 N–H and O–H groups in total. The fourth-order valence-electron chi connectivity index (χ4n) is 6.17. The molecule has 0 bridgehead atoms. The number of aliphatic hydroxyl groups is 2. The van der Waals surface area contributed by atoms with Crippen LogP contribution < -0.4 is 42.4 Å². The van der Waals surface area contributed by atoms with Gasteiger partial charge in [-0.05, 0) is 37.5 Å². The molecule has 0 amide bonds. The molecule has 0 saturated carbocycles. The van der Waals surface area contributed by atoms with Crippen LogP contribution in [0, 0.1) is 10.4 Å². The number of methoxy groups -OCH3 is 1. The Kier molecular flexibility index (Phi) is 5.62. The highest BCUT2D eigenvalue weighted by Gasteiger charge is 2.53. The molecule has 4 aliphatic carbocycles. The zero-order chi connectivity index (χ0) is 29.5. The Morgan fingerprint density at radius 3 is 2.22 bits per heavy atom. The van der Waals surface area contributed by atoms with Crippen LogP contribution in [0.2, 0.25) is 5.02 Å². The third-order valence-corrected chi connectivity index (χ3v) is 8.39. The fraction of sp³-hybridized carbons (Fsp3) is 0.167. The Balaban J connectivity index is 1.78. The van der Waals surface area contributed by atoms with E-state index in [0.717, 1.165) is 13.2 Å². The van der Waals surface area contributed by atoms with Crippen LogP contribution >= 0.6 is 11.6 Å². The summed E-state index contributed by atoms with van der Waals surface area (Å²) in [6, 6.07) is 2.35. The van der Waals surface area contributed by atoms with Crippen LogP contribution in [0.5, 0.6) is 11.5 Å². The van der Waals surface area contributed by atoms with Gasteiger partial charge in [-0.1, -0.05) is 29.8 Å². The molecule has 0 fully saturated rings. The SMILES string of the molecule is C/C=C/C=C/c1cc2c(Cl)c3c(c(O)c2c(=O)[nH]1)C1(CC3)C(O)=c2c(=O)c3c(=O)cc(OC)c(=O)c=3c(=O)c2=C1O. The molecular formula is C30H20ClNO9. The lowest BCUT2D eigenvalue weighted by Crippen LogP contribution is -2.51. The van der Waals surface area contributed by atoms with Gasteiger partial charge in [-0.25, -0.2) is 0 Å². The van der Waals surface area contributed by atoms with E-state index in [1.54, 1.807) is 30.4 Å². The molecule has 41 heavy (non-hydrogen) atoms. The number of H-pyrrole nitrogens is 1. The number of halogens is 1. The van der Waals surface area contributed by atoms with Crippen LogP contribution in [0.25, 0.3) is 28.4 Å². The van der Waals surface area contributed by atoms with E-state index in [4.69, 9.17) is 16.3 Å². The predicted octanol–water partition coefficient (Wildman–Crippen LogP) is 0.756. The van der Waals surface area contributed by atoms with Gasteiger partial charge in [0.2, 0.25) is 16.3 Å². The van der Waals surface area contributed by atoms with Crippen molar-refractivity contribution in [2.45, 2.75) is 25.2 Å². The van der Waals surface area contributed by atoms with E-state index >= 15 is 0 Å². The van der Waals surface area contributed by atoms with Crippen LogP contribution in [0.1, 0.15) is 30.2 Å². The van der Waals surface area contributed by atoms with Crippen LogP contribution in [-0.4, -0.2) is 27.4 Å². The fourth-order valence-corrected chi connectivity index (χ4v) is 6.51. The van der Waals surface area contributed by atoms with Gasteiger partial charge in [0.25, 0.3) is 5.56 Å². The lowest BCUT2D eigenvalue weighted by atomic mass is 9.78. The third kappa shape index (κ3) is 3.16. The molecule has 1 aromatic heterocycles. The summed E-state index contributed by atoms with van der Waals surface area (Å²) in [7, 11) is 1.12. The number of hydrogen-bond donors (Lipinski definition) is 4. The Morgan fingerprint density at radius 1 is 0.927 bits per heavy atom. The van der Waals surface area contributed by atoms with E-state index in [1.165, 1.54) is 0 Å². The van der Waals surface area contributed by atoms with Gasteiger partial charge in [0.05, 0.1) is 38.4 Å². The van der Waals surface area contributed by atoms with E-state index in [2.05, 4.69) is 4.98 Å². The summed E-state index contributed by atoms with van der Waals surface area (Å²) in [5.41, 5.74) is -6.45. The van der Waals surface area contributed by atoms with Gasteiger partial charge in [-0.3, -0.25) is 24.0 Å². The molecule has 1 spiro atoms. The summed E-state index contributed by atoms with van der Waals surface area (Å²) in [4.78, 5) is 68.6. The van der Waals surface area contributed by atoms with Crippen molar-refractivity contribution in [1.29, 1.82) is 0 Å². The summed E-state index contributed by atoms with van der Waals surface area (Å²) in [5.74, 6) is -2.65. The lowest BCUT2D eigenvalue weighted by molar-refractivity contribution is 0.362. The van der Waals surface area contributed by atoms with Crippen molar-refractivity contribution in [3.8, 4) is 11.5 Å². The van der Waals surface area contributed by atoms with Crippen molar-refractivity contribution in [2.24, 2.45) is 0 Å². The van der Waals surface area contributed by atoms with Gasteiger partial charge in [-0.15, -0.1) is 0 Å². The number of aromatic nitrogens is 1. The number of aliphatic hydroxyl groups excluding tert-OH is 2. The topological polar surface area (TPSA) is 171 Å². The quantitative estimate of drug-likeness (QED) is 0.258. The minimum absolute atomic E-state index is 0.0751. The van der Waals surface area contributed by atoms with Gasteiger partial charge in [0.1, 0.15) is 22.7 Å². The predicted molar refractivity (Wildman–Crippen MR) is 152 cm³/mol. The van der Waals surface area contributed by atoms with E-state index in [9.17, 15) is 39.3 Å². The summed E-state index contributed by atoms with van der Waals surface area (Å²) in [5, 5.41) is 31.8. The Bertz CT molecular complexity index is 2410. The second-order valence-electron chi connectivity index (χ2n) is 9.91. The largest absolute Gasteiger partial charge is 0.510 e. The number of hydrogen-bond acceptors (Lipinski definition) is 9. The number of ether oxygens (including phenoxy) is 1. The minimum atomic E-state index is -2.03. The maximum atomic E-state index is 13.6. The number of benzene rings is 1. The lowest BCUT2D eigenvalue weighted by Gasteiger charge is -2.27. The van der Waals surface area contributed by atoms with Crippen molar-refractivity contribution in [2.75, 3.05) is 7.11 Å². The normalized spacial score (nSPS) is 18.0. The highest BCUT2D eigenvalue weighted by atomic mass is 35.5. The summed E-state index contributed by atoms with van der Waals surface area (Å²) >= 11 is 6.75. The summed E-state index contributed by atoms with van der Waals surface area (Å²) in [6.07, 6.45) is 6.81. The molecule has 6 rings (SSSR count). The van der Waals surface area contributed by atoms with Gasteiger partial charge >= 0.3 is 0 Å². The highest BCUT2D eigenvalue weighted by Crippen LogP contribution is 2.56. The van der Waals surface area contributed by atoms with E-state index < -0.39 is 76.6 Å². The Labute approximate surface area is 233 Å². The number of rotatable bonds is 3. The Morgan fingerprint density at radius 2 is 1.59 bits per heavy atom. The maximum Gasteiger partial charge on any atom is 0.260 e. The third-order valence-electron chi connectivity index (χ3n) is 7.96. The molecule has 0 saturated heterocycles.